The lowest BCUT2D eigenvalue weighted by Crippen LogP contribution is -2.14. The molecule has 1 aromatic carbocycles. The predicted octanol–water partition coefficient (Wildman–Crippen LogP) is 4.19. The van der Waals surface area contributed by atoms with E-state index < -0.39 is 0 Å². The molecule has 2 heterocycles. The molecule has 4 unspecified atom stereocenters. The number of hydrogen-bond donors (Lipinski definition) is 0. The van der Waals surface area contributed by atoms with Gasteiger partial charge in [-0.15, -0.1) is 8.58 Å². The molecule has 0 amide bonds. The van der Waals surface area contributed by atoms with Gasteiger partial charge in [-0.1, -0.05) is 38.3 Å². The molecular formula is C15H22P2. The van der Waals surface area contributed by atoms with Crippen LogP contribution in [0.25, 0.3) is 0 Å². The predicted molar refractivity (Wildman–Crippen MR) is 81.7 cm³/mol. The van der Waals surface area contributed by atoms with Crippen molar-refractivity contribution in [2.45, 2.75) is 43.4 Å². The molecule has 0 radical (unpaired) electrons. The summed E-state index contributed by atoms with van der Waals surface area (Å²) in [5.41, 5.74) is 2.16. The molecule has 0 spiro atoms. The zero-order valence-corrected chi connectivity index (χ0v) is 12.3. The summed E-state index contributed by atoms with van der Waals surface area (Å²) < 4.78 is 0. The topological polar surface area (TPSA) is 0 Å². The minimum atomic E-state index is 0.185. The summed E-state index contributed by atoms with van der Waals surface area (Å²) in [6, 6.07) is 11.4. The largest absolute Gasteiger partial charge is 0.119 e. The highest BCUT2D eigenvalue weighted by atomic mass is 31.1. The molecule has 0 nitrogen and oxygen atoms in total. The lowest BCUT2D eigenvalue weighted by Gasteiger charge is -2.23. The summed E-state index contributed by atoms with van der Waals surface area (Å²) in [5, 5.41) is 1.67. The summed E-state index contributed by atoms with van der Waals surface area (Å²) in [6.45, 7) is 0. The molecule has 4 atom stereocenters. The molecule has 0 N–H and O–H groups in total. The van der Waals surface area contributed by atoms with Crippen molar-refractivity contribution in [2.75, 3.05) is 12.3 Å². The third-order valence-corrected chi connectivity index (χ3v) is 9.04. The van der Waals surface area contributed by atoms with Crippen LogP contribution < -0.4 is 5.30 Å². The molecule has 92 valence electrons. The highest BCUT2D eigenvalue weighted by molar-refractivity contribution is 7.66. The average molecular weight is 264 g/mol. The smallest absolute Gasteiger partial charge is 0.0163 e. The summed E-state index contributed by atoms with van der Waals surface area (Å²) in [5.74, 6) is 0. The van der Waals surface area contributed by atoms with Gasteiger partial charge >= 0.3 is 0 Å². The van der Waals surface area contributed by atoms with Crippen molar-refractivity contribution in [1.82, 2.24) is 0 Å². The van der Waals surface area contributed by atoms with Crippen molar-refractivity contribution in [3.8, 4) is 0 Å². The summed E-state index contributed by atoms with van der Waals surface area (Å²) in [7, 11) is 1.47. The molecule has 0 aromatic heterocycles. The van der Waals surface area contributed by atoms with E-state index in [1.165, 1.54) is 46.6 Å². The molecule has 2 fully saturated rings. The Morgan fingerprint density at radius 1 is 1.12 bits per heavy atom. The fraction of sp³-hybridized carbons (Fsp3) is 0.600. The number of hydrogen-bond acceptors (Lipinski definition) is 0. The van der Waals surface area contributed by atoms with Gasteiger partial charge in [0.15, 0.2) is 0 Å². The molecule has 3 rings (SSSR count). The molecule has 1 aromatic rings. The second kappa shape index (κ2) is 5.81. The Bertz CT molecular complexity index is 343. The fourth-order valence-corrected chi connectivity index (χ4v) is 8.33. The van der Waals surface area contributed by atoms with Crippen LogP contribution in [-0.2, 0) is 0 Å². The van der Waals surface area contributed by atoms with E-state index in [4.69, 9.17) is 0 Å². The minimum Gasteiger partial charge on any atom is -0.119 e. The second-order valence-corrected chi connectivity index (χ2v) is 9.71. The van der Waals surface area contributed by atoms with Crippen LogP contribution in [-0.4, -0.2) is 23.6 Å². The second-order valence-electron chi connectivity index (χ2n) is 5.35. The fourth-order valence-electron chi connectivity index (χ4n) is 3.33. The SMILES string of the molecule is c1ccc(P2CCCC2CC2CCCP2)cc1. The zero-order valence-electron chi connectivity index (χ0n) is 10.4. The van der Waals surface area contributed by atoms with E-state index >= 15 is 0 Å². The van der Waals surface area contributed by atoms with Gasteiger partial charge in [0.25, 0.3) is 0 Å². The Morgan fingerprint density at radius 3 is 2.76 bits per heavy atom. The highest BCUT2D eigenvalue weighted by Gasteiger charge is 2.30. The maximum Gasteiger partial charge on any atom is -0.0163 e. The van der Waals surface area contributed by atoms with Crippen molar-refractivity contribution in [3.63, 3.8) is 0 Å². The van der Waals surface area contributed by atoms with Crippen LogP contribution in [0.2, 0.25) is 0 Å². The molecule has 17 heavy (non-hydrogen) atoms. The molecule has 0 aliphatic carbocycles. The molecule has 0 bridgehead atoms. The summed E-state index contributed by atoms with van der Waals surface area (Å²) in [6.07, 6.45) is 10.6. The summed E-state index contributed by atoms with van der Waals surface area (Å²) >= 11 is 0. The van der Waals surface area contributed by atoms with E-state index in [0.29, 0.717) is 0 Å². The quantitative estimate of drug-likeness (QED) is 0.718. The Balaban J connectivity index is 1.67. The van der Waals surface area contributed by atoms with Gasteiger partial charge in [-0.25, -0.2) is 0 Å². The summed E-state index contributed by atoms with van der Waals surface area (Å²) in [4.78, 5) is 0. The van der Waals surface area contributed by atoms with Gasteiger partial charge < -0.3 is 0 Å². The first-order chi connectivity index (χ1) is 8.43. The number of rotatable bonds is 3. The standard InChI is InChI=1S/C15H22P2/c1-2-7-14(8-3-1)17-11-5-9-15(17)12-13-6-4-10-16-13/h1-3,7-8,13,15-16H,4-6,9-12H2. The van der Waals surface area contributed by atoms with E-state index in [9.17, 15) is 0 Å². The van der Waals surface area contributed by atoms with Gasteiger partial charge in [-0.3, -0.25) is 0 Å². The van der Waals surface area contributed by atoms with Gasteiger partial charge in [-0.05, 0) is 61.1 Å². The molecule has 2 heteroatoms. The monoisotopic (exact) mass is 264 g/mol. The van der Waals surface area contributed by atoms with Crippen LogP contribution in [0.15, 0.2) is 30.3 Å². The van der Waals surface area contributed by atoms with Gasteiger partial charge in [0, 0.05) is 0 Å². The van der Waals surface area contributed by atoms with E-state index in [0.717, 1.165) is 11.3 Å². The maximum atomic E-state index is 2.38. The molecular weight excluding hydrogens is 242 g/mol. The van der Waals surface area contributed by atoms with E-state index in [-0.39, 0.29) is 7.92 Å². The Labute approximate surface area is 108 Å². The van der Waals surface area contributed by atoms with Gasteiger partial charge in [0.1, 0.15) is 0 Å². The first-order valence-electron chi connectivity index (χ1n) is 6.98. The lowest BCUT2D eigenvalue weighted by atomic mass is 10.1. The first kappa shape index (κ1) is 12.1. The van der Waals surface area contributed by atoms with Gasteiger partial charge in [0.2, 0.25) is 0 Å². The zero-order chi connectivity index (χ0) is 11.5. The van der Waals surface area contributed by atoms with Gasteiger partial charge in [-0.2, -0.15) is 0 Å². The number of benzene rings is 1. The van der Waals surface area contributed by atoms with E-state index in [1.54, 1.807) is 11.7 Å². The Morgan fingerprint density at radius 2 is 2.00 bits per heavy atom. The van der Waals surface area contributed by atoms with Gasteiger partial charge in [0.05, 0.1) is 0 Å². The van der Waals surface area contributed by atoms with Crippen LogP contribution in [0.1, 0.15) is 32.1 Å². The van der Waals surface area contributed by atoms with Crippen LogP contribution >= 0.6 is 16.5 Å². The van der Waals surface area contributed by atoms with Crippen LogP contribution in [0.4, 0.5) is 0 Å². The van der Waals surface area contributed by atoms with Crippen molar-refractivity contribution < 1.29 is 0 Å². The van der Waals surface area contributed by atoms with Crippen LogP contribution in [0.3, 0.4) is 0 Å². The van der Waals surface area contributed by atoms with E-state index in [1.807, 2.05) is 0 Å². The normalized spacial score (nSPS) is 34.5. The molecule has 2 saturated heterocycles. The Kier molecular flexibility index (Phi) is 4.15. The Hall–Kier alpha value is 0.0800. The van der Waals surface area contributed by atoms with Crippen molar-refractivity contribution in [1.29, 1.82) is 0 Å². The van der Waals surface area contributed by atoms with Crippen molar-refractivity contribution in [3.05, 3.63) is 30.3 Å². The minimum absolute atomic E-state index is 0.185. The van der Waals surface area contributed by atoms with Crippen molar-refractivity contribution in [2.24, 2.45) is 0 Å². The maximum absolute atomic E-state index is 2.38. The van der Waals surface area contributed by atoms with E-state index in [2.05, 4.69) is 30.3 Å². The third kappa shape index (κ3) is 2.91. The van der Waals surface area contributed by atoms with Crippen molar-refractivity contribution >= 4 is 21.8 Å². The third-order valence-electron chi connectivity index (χ3n) is 4.18. The van der Waals surface area contributed by atoms with Crippen LogP contribution in [0, 0.1) is 0 Å². The first-order valence-corrected chi connectivity index (χ1v) is 9.86. The lowest BCUT2D eigenvalue weighted by molar-refractivity contribution is 0.660. The van der Waals surface area contributed by atoms with Crippen LogP contribution in [0.5, 0.6) is 0 Å². The average Bonchev–Trinajstić information content (AvgIpc) is 3.02. The molecule has 2 aliphatic heterocycles. The highest BCUT2D eigenvalue weighted by Crippen LogP contribution is 2.53. The molecule has 0 saturated carbocycles. The molecule has 2 aliphatic rings.